The summed E-state index contributed by atoms with van der Waals surface area (Å²) in [5.74, 6) is -0.647. The monoisotopic (exact) mass is 398 g/mol. The predicted octanol–water partition coefficient (Wildman–Crippen LogP) is 3.98. The molecule has 0 aliphatic carbocycles. The summed E-state index contributed by atoms with van der Waals surface area (Å²) in [4.78, 5) is 29.3. The van der Waals surface area contributed by atoms with Crippen molar-refractivity contribution in [3.63, 3.8) is 0 Å². The van der Waals surface area contributed by atoms with E-state index in [-0.39, 0.29) is 24.5 Å². The Kier molecular flexibility index (Phi) is 6.17. The molecule has 0 unspecified atom stereocenters. The standard InChI is InChI=1S/C22H23ClN2O3/c1-15(2)28-14-13-25-21(26)19(16-9-11-17(23)12-10-16)20(22(25)27)24(3)18-7-5-4-6-8-18/h4-12,15H,13-14H2,1-3H3. The van der Waals surface area contributed by atoms with Crippen LogP contribution in [0, 0.1) is 0 Å². The predicted molar refractivity (Wildman–Crippen MR) is 111 cm³/mol. The number of hydrogen-bond acceptors (Lipinski definition) is 4. The van der Waals surface area contributed by atoms with E-state index in [1.807, 2.05) is 44.2 Å². The van der Waals surface area contributed by atoms with Crippen LogP contribution in [0.4, 0.5) is 5.69 Å². The molecule has 0 atom stereocenters. The minimum absolute atomic E-state index is 0.0305. The molecule has 3 rings (SSSR count). The molecule has 28 heavy (non-hydrogen) atoms. The van der Waals surface area contributed by atoms with Crippen LogP contribution in [0.2, 0.25) is 5.02 Å². The largest absolute Gasteiger partial charge is 0.377 e. The van der Waals surface area contributed by atoms with Crippen molar-refractivity contribution in [2.24, 2.45) is 0 Å². The van der Waals surface area contributed by atoms with Crippen molar-refractivity contribution >= 4 is 34.7 Å². The molecule has 146 valence electrons. The first-order valence-electron chi connectivity index (χ1n) is 9.17. The quantitative estimate of drug-likeness (QED) is 0.662. The van der Waals surface area contributed by atoms with Gasteiger partial charge < -0.3 is 9.64 Å². The lowest BCUT2D eigenvalue weighted by molar-refractivity contribution is -0.138. The summed E-state index contributed by atoms with van der Waals surface area (Å²) in [6.45, 7) is 4.34. The van der Waals surface area contributed by atoms with Gasteiger partial charge in [-0.2, -0.15) is 0 Å². The van der Waals surface area contributed by atoms with E-state index < -0.39 is 0 Å². The molecule has 2 amide bonds. The third-order valence-corrected chi connectivity index (χ3v) is 4.77. The summed E-state index contributed by atoms with van der Waals surface area (Å²) in [5, 5.41) is 0.571. The number of imide groups is 1. The fourth-order valence-corrected chi connectivity index (χ4v) is 3.24. The van der Waals surface area contributed by atoms with Gasteiger partial charge in [-0.05, 0) is 43.7 Å². The van der Waals surface area contributed by atoms with Crippen LogP contribution >= 0.6 is 11.6 Å². The van der Waals surface area contributed by atoms with Crippen LogP contribution in [0.5, 0.6) is 0 Å². The first-order valence-corrected chi connectivity index (χ1v) is 9.54. The van der Waals surface area contributed by atoms with E-state index in [9.17, 15) is 9.59 Å². The Labute approximate surface area is 170 Å². The molecule has 2 aromatic rings. The molecular formula is C22H23ClN2O3. The zero-order valence-corrected chi connectivity index (χ0v) is 16.9. The molecule has 1 aliphatic rings. The van der Waals surface area contributed by atoms with Crippen LogP contribution in [0.15, 0.2) is 60.3 Å². The molecule has 0 saturated heterocycles. The third kappa shape index (κ3) is 4.11. The number of carbonyl (C=O) groups excluding carboxylic acids is 2. The van der Waals surface area contributed by atoms with Gasteiger partial charge in [0.15, 0.2) is 0 Å². The summed E-state index contributed by atoms with van der Waals surface area (Å²) < 4.78 is 5.54. The minimum atomic E-state index is -0.325. The average molecular weight is 399 g/mol. The van der Waals surface area contributed by atoms with Gasteiger partial charge in [-0.15, -0.1) is 0 Å². The minimum Gasteiger partial charge on any atom is -0.377 e. The van der Waals surface area contributed by atoms with Crippen LogP contribution in [-0.4, -0.2) is 43.0 Å². The summed E-state index contributed by atoms with van der Waals surface area (Å²) in [6, 6.07) is 16.4. The van der Waals surface area contributed by atoms with E-state index in [4.69, 9.17) is 16.3 Å². The highest BCUT2D eigenvalue weighted by atomic mass is 35.5. The third-order valence-electron chi connectivity index (χ3n) is 4.52. The SMILES string of the molecule is CC(C)OCCN1C(=O)C(c2ccc(Cl)cc2)=C(N(C)c2ccccc2)C1=O. The number of anilines is 1. The maximum absolute atomic E-state index is 13.2. The number of para-hydroxylation sites is 1. The summed E-state index contributed by atoms with van der Waals surface area (Å²) >= 11 is 6.00. The second kappa shape index (κ2) is 8.59. The molecule has 0 fully saturated rings. The molecule has 0 bridgehead atoms. The smallest absolute Gasteiger partial charge is 0.278 e. The maximum atomic E-state index is 13.2. The van der Waals surface area contributed by atoms with Gasteiger partial charge in [0.1, 0.15) is 5.70 Å². The lowest BCUT2D eigenvalue weighted by Gasteiger charge is -2.21. The second-order valence-corrected chi connectivity index (χ2v) is 7.24. The number of rotatable bonds is 7. The van der Waals surface area contributed by atoms with Crippen molar-refractivity contribution in [2.45, 2.75) is 20.0 Å². The molecular weight excluding hydrogens is 376 g/mol. The van der Waals surface area contributed by atoms with Crippen molar-refractivity contribution in [3.8, 4) is 0 Å². The fourth-order valence-electron chi connectivity index (χ4n) is 3.11. The zero-order valence-electron chi connectivity index (χ0n) is 16.2. The zero-order chi connectivity index (χ0) is 20.3. The van der Waals surface area contributed by atoms with Crippen molar-refractivity contribution in [2.75, 3.05) is 25.1 Å². The topological polar surface area (TPSA) is 49.9 Å². The normalized spacial score (nSPS) is 14.4. The van der Waals surface area contributed by atoms with Gasteiger partial charge >= 0.3 is 0 Å². The van der Waals surface area contributed by atoms with Gasteiger partial charge in [-0.3, -0.25) is 14.5 Å². The van der Waals surface area contributed by atoms with Crippen molar-refractivity contribution < 1.29 is 14.3 Å². The number of benzene rings is 2. The molecule has 0 radical (unpaired) electrons. The second-order valence-electron chi connectivity index (χ2n) is 6.81. The lowest BCUT2D eigenvalue weighted by atomic mass is 10.0. The number of likely N-dealkylation sites (N-methyl/N-ethyl adjacent to an activating group) is 1. The summed E-state index contributed by atoms with van der Waals surface area (Å²) in [5.41, 5.74) is 2.21. The number of carbonyl (C=O) groups is 2. The highest BCUT2D eigenvalue weighted by Gasteiger charge is 2.40. The Hall–Kier alpha value is -2.63. The van der Waals surface area contributed by atoms with Crippen LogP contribution in [0.1, 0.15) is 19.4 Å². The Balaban J connectivity index is 2.01. The van der Waals surface area contributed by atoms with Crippen molar-refractivity contribution in [3.05, 3.63) is 70.9 Å². The molecule has 2 aromatic carbocycles. The van der Waals surface area contributed by atoms with Crippen LogP contribution in [0.3, 0.4) is 0 Å². The number of amides is 2. The molecule has 6 heteroatoms. The Bertz CT molecular complexity index is 892. The van der Waals surface area contributed by atoms with Crippen molar-refractivity contribution in [1.29, 1.82) is 0 Å². The number of halogens is 1. The lowest BCUT2D eigenvalue weighted by Crippen LogP contribution is -2.37. The van der Waals surface area contributed by atoms with E-state index in [0.29, 0.717) is 28.5 Å². The Morgan fingerprint density at radius 3 is 2.25 bits per heavy atom. The molecule has 0 aromatic heterocycles. The van der Waals surface area contributed by atoms with Gasteiger partial charge in [0.05, 0.1) is 24.8 Å². The first kappa shape index (κ1) is 20.1. The molecule has 1 heterocycles. The number of hydrogen-bond donors (Lipinski definition) is 0. The maximum Gasteiger partial charge on any atom is 0.278 e. The highest BCUT2D eigenvalue weighted by molar-refractivity contribution is 6.37. The molecule has 0 spiro atoms. The number of ether oxygens (including phenoxy) is 1. The van der Waals surface area contributed by atoms with Crippen LogP contribution < -0.4 is 4.90 Å². The van der Waals surface area contributed by atoms with Gasteiger partial charge in [-0.1, -0.05) is 41.9 Å². The van der Waals surface area contributed by atoms with Crippen LogP contribution in [0.25, 0.3) is 5.57 Å². The molecule has 0 N–H and O–H groups in total. The summed E-state index contributed by atoms with van der Waals surface area (Å²) in [7, 11) is 1.79. The summed E-state index contributed by atoms with van der Waals surface area (Å²) in [6.07, 6.45) is 0.0305. The van der Waals surface area contributed by atoms with Gasteiger partial charge in [0, 0.05) is 17.8 Å². The molecule has 0 saturated carbocycles. The van der Waals surface area contributed by atoms with E-state index >= 15 is 0 Å². The molecule has 5 nitrogen and oxygen atoms in total. The van der Waals surface area contributed by atoms with Gasteiger partial charge in [-0.25, -0.2) is 0 Å². The molecule has 1 aliphatic heterocycles. The van der Waals surface area contributed by atoms with E-state index in [1.165, 1.54) is 4.90 Å². The average Bonchev–Trinajstić information content (AvgIpc) is 2.93. The number of nitrogens with zero attached hydrogens (tertiary/aromatic N) is 2. The van der Waals surface area contributed by atoms with Crippen molar-refractivity contribution in [1.82, 2.24) is 4.90 Å². The Morgan fingerprint density at radius 1 is 1.00 bits per heavy atom. The van der Waals surface area contributed by atoms with Gasteiger partial charge in [0.25, 0.3) is 11.8 Å². The van der Waals surface area contributed by atoms with E-state index in [2.05, 4.69) is 0 Å². The Morgan fingerprint density at radius 2 is 1.64 bits per heavy atom. The van der Waals surface area contributed by atoms with Gasteiger partial charge in [0.2, 0.25) is 0 Å². The van der Waals surface area contributed by atoms with E-state index in [0.717, 1.165) is 5.69 Å². The fraction of sp³-hybridized carbons (Fsp3) is 0.273. The van der Waals surface area contributed by atoms with E-state index in [1.54, 1.807) is 36.2 Å². The highest BCUT2D eigenvalue weighted by Crippen LogP contribution is 2.33. The first-order chi connectivity index (χ1) is 13.4. The van der Waals surface area contributed by atoms with Crippen LogP contribution in [-0.2, 0) is 14.3 Å².